The fraction of sp³-hybridized carbons (Fsp3) is 0.476. The van der Waals surface area contributed by atoms with Crippen molar-refractivity contribution in [2.45, 2.75) is 57.9 Å². The van der Waals surface area contributed by atoms with Crippen molar-refractivity contribution in [1.82, 2.24) is 9.78 Å². The Morgan fingerprint density at radius 2 is 1.96 bits per heavy atom. The standard InChI is InChI=1S/C21H26N2O/c1-3-5-15-24-20-13-11-17(12-14-20)21-16-18(4-2)22-23(21)19-9-7-6-8-10-19/h2,11-14,16,19H,3,5-10,15H2,1H3. The molecule has 1 heterocycles. The van der Waals surface area contributed by atoms with Crippen molar-refractivity contribution in [2.75, 3.05) is 6.61 Å². The lowest BCUT2D eigenvalue weighted by atomic mass is 9.95. The second-order valence-electron chi connectivity index (χ2n) is 6.52. The van der Waals surface area contributed by atoms with Crippen LogP contribution in [0.3, 0.4) is 0 Å². The van der Waals surface area contributed by atoms with E-state index >= 15 is 0 Å². The van der Waals surface area contributed by atoms with Crippen LogP contribution in [-0.2, 0) is 0 Å². The number of ether oxygens (including phenoxy) is 1. The van der Waals surface area contributed by atoms with Gasteiger partial charge in [0.15, 0.2) is 0 Å². The lowest BCUT2D eigenvalue weighted by molar-refractivity contribution is 0.309. The van der Waals surface area contributed by atoms with E-state index in [-0.39, 0.29) is 0 Å². The summed E-state index contributed by atoms with van der Waals surface area (Å²) in [4.78, 5) is 0. The molecule has 1 fully saturated rings. The molecule has 0 atom stereocenters. The largest absolute Gasteiger partial charge is 0.494 e. The Kier molecular flexibility index (Phi) is 5.59. The number of unbranched alkanes of at least 4 members (excludes halogenated alkanes) is 1. The van der Waals surface area contributed by atoms with Crippen LogP contribution in [0.4, 0.5) is 0 Å². The van der Waals surface area contributed by atoms with Gasteiger partial charge in [0, 0.05) is 11.6 Å². The second-order valence-corrected chi connectivity index (χ2v) is 6.52. The highest BCUT2D eigenvalue weighted by Crippen LogP contribution is 2.33. The first-order valence-electron chi connectivity index (χ1n) is 9.11. The van der Waals surface area contributed by atoms with Gasteiger partial charge in [-0.1, -0.05) is 32.6 Å². The molecule has 2 aromatic rings. The Balaban J connectivity index is 1.82. The maximum atomic E-state index is 5.76. The van der Waals surface area contributed by atoms with Crippen LogP contribution in [0, 0.1) is 12.3 Å². The molecular weight excluding hydrogens is 296 g/mol. The van der Waals surface area contributed by atoms with Crippen LogP contribution in [0.1, 0.15) is 63.6 Å². The maximum Gasteiger partial charge on any atom is 0.135 e. The van der Waals surface area contributed by atoms with Gasteiger partial charge in [-0.2, -0.15) is 5.10 Å². The van der Waals surface area contributed by atoms with E-state index in [1.807, 2.05) is 18.2 Å². The van der Waals surface area contributed by atoms with Gasteiger partial charge in [0.2, 0.25) is 0 Å². The number of benzene rings is 1. The molecule has 3 nitrogen and oxygen atoms in total. The van der Waals surface area contributed by atoms with E-state index in [0.717, 1.165) is 42.1 Å². The SMILES string of the molecule is C#Cc1cc(-c2ccc(OCCCC)cc2)n(C2CCCCC2)n1. The zero-order valence-electron chi connectivity index (χ0n) is 14.5. The lowest BCUT2D eigenvalue weighted by Gasteiger charge is -2.24. The molecule has 0 amide bonds. The first-order valence-corrected chi connectivity index (χ1v) is 9.11. The van der Waals surface area contributed by atoms with Crippen LogP contribution in [0.5, 0.6) is 5.75 Å². The minimum atomic E-state index is 0.469. The Morgan fingerprint density at radius 1 is 1.21 bits per heavy atom. The fourth-order valence-electron chi connectivity index (χ4n) is 3.34. The lowest BCUT2D eigenvalue weighted by Crippen LogP contribution is -2.15. The van der Waals surface area contributed by atoms with E-state index < -0.39 is 0 Å². The summed E-state index contributed by atoms with van der Waals surface area (Å²) in [6.45, 7) is 2.94. The molecule has 1 aromatic carbocycles. The summed E-state index contributed by atoms with van der Waals surface area (Å²) in [5.41, 5.74) is 2.99. The van der Waals surface area contributed by atoms with Crippen LogP contribution in [0.25, 0.3) is 11.3 Å². The molecule has 0 N–H and O–H groups in total. The molecule has 24 heavy (non-hydrogen) atoms. The zero-order chi connectivity index (χ0) is 16.8. The molecule has 126 valence electrons. The summed E-state index contributed by atoms with van der Waals surface area (Å²) in [6.07, 6.45) is 14.1. The predicted octanol–water partition coefficient (Wildman–Crippen LogP) is 5.22. The van der Waals surface area contributed by atoms with Crippen molar-refractivity contribution in [2.24, 2.45) is 0 Å². The van der Waals surface area contributed by atoms with Crippen molar-refractivity contribution in [3.63, 3.8) is 0 Å². The summed E-state index contributed by atoms with van der Waals surface area (Å²) in [5, 5.41) is 4.66. The molecule has 0 bridgehead atoms. The minimum Gasteiger partial charge on any atom is -0.494 e. The summed E-state index contributed by atoms with van der Waals surface area (Å²) in [6, 6.07) is 10.8. The van der Waals surface area contributed by atoms with E-state index in [0.29, 0.717) is 6.04 Å². The van der Waals surface area contributed by atoms with E-state index in [1.54, 1.807) is 0 Å². The molecular formula is C21H26N2O. The van der Waals surface area contributed by atoms with Gasteiger partial charge in [0.1, 0.15) is 11.4 Å². The summed E-state index contributed by atoms with van der Waals surface area (Å²) >= 11 is 0. The van der Waals surface area contributed by atoms with Gasteiger partial charge in [-0.15, -0.1) is 6.42 Å². The first-order chi connectivity index (χ1) is 11.8. The van der Waals surface area contributed by atoms with Gasteiger partial charge >= 0.3 is 0 Å². The average Bonchev–Trinajstić information content (AvgIpc) is 3.08. The average molecular weight is 322 g/mol. The predicted molar refractivity (Wildman–Crippen MR) is 98.1 cm³/mol. The number of hydrogen-bond donors (Lipinski definition) is 0. The number of rotatable bonds is 6. The van der Waals surface area contributed by atoms with Gasteiger partial charge in [-0.25, -0.2) is 0 Å². The highest BCUT2D eigenvalue weighted by molar-refractivity contribution is 5.62. The molecule has 3 heteroatoms. The number of hydrogen-bond acceptors (Lipinski definition) is 2. The van der Waals surface area contributed by atoms with Crippen molar-refractivity contribution >= 4 is 0 Å². The molecule has 0 unspecified atom stereocenters. The molecule has 1 saturated carbocycles. The van der Waals surface area contributed by atoms with Crippen LogP contribution in [-0.4, -0.2) is 16.4 Å². The molecule has 0 aliphatic heterocycles. The topological polar surface area (TPSA) is 27.1 Å². The van der Waals surface area contributed by atoms with Gasteiger partial charge in [0.05, 0.1) is 18.3 Å². The molecule has 3 rings (SSSR count). The zero-order valence-corrected chi connectivity index (χ0v) is 14.5. The third kappa shape index (κ3) is 3.82. The summed E-state index contributed by atoms with van der Waals surface area (Å²) in [5.74, 6) is 3.61. The van der Waals surface area contributed by atoms with Crippen molar-refractivity contribution in [1.29, 1.82) is 0 Å². The van der Waals surface area contributed by atoms with Crippen molar-refractivity contribution < 1.29 is 4.74 Å². The van der Waals surface area contributed by atoms with Gasteiger partial charge in [-0.05, 0) is 49.4 Å². The monoisotopic (exact) mass is 322 g/mol. The highest BCUT2D eigenvalue weighted by atomic mass is 16.5. The normalized spacial score (nSPS) is 15.2. The fourth-order valence-corrected chi connectivity index (χ4v) is 3.34. The van der Waals surface area contributed by atoms with Gasteiger partial charge < -0.3 is 4.74 Å². The quantitative estimate of drug-likeness (QED) is 0.539. The first kappa shape index (κ1) is 16.6. The van der Waals surface area contributed by atoms with Crippen molar-refractivity contribution in [3.8, 4) is 29.4 Å². The Labute approximate surface area is 145 Å². The van der Waals surface area contributed by atoms with Crippen LogP contribution >= 0.6 is 0 Å². The third-order valence-electron chi connectivity index (χ3n) is 4.72. The van der Waals surface area contributed by atoms with Crippen LogP contribution in [0.15, 0.2) is 30.3 Å². The third-order valence-corrected chi connectivity index (χ3v) is 4.72. The van der Waals surface area contributed by atoms with Gasteiger partial charge in [0.25, 0.3) is 0 Å². The maximum absolute atomic E-state index is 5.76. The second kappa shape index (κ2) is 8.06. The Hall–Kier alpha value is -2.21. The molecule has 1 aliphatic carbocycles. The molecule has 1 aliphatic rings. The van der Waals surface area contributed by atoms with Crippen molar-refractivity contribution in [3.05, 3.63) is 36.0 Å². The van der Waals surface area contributed by atoms with Crippen LogP contribution in [0.2, 0.25) is 0 Å². The minimum absolute atomic E-state index is 0.469. The van der Waals surface area contributed by atoms with E-state index in [1.165, 1.54) is 32.1 Å². The number of nitrogens with zero attached hydrogens (tertiary/aromatic N) is 2. The highest BCUT2D eigenvalue weighted by Gasteiger charge is 2.20. The van der Waals surface area contributed by atoms with Gasteiger partial charge in [-0.3, -0.25) is 4.68 Å². The summed E-state index contributed by atoms with van der Waals surface area (Å²) in [7, 11) is 0. The Bertz CT molecular complexity index is 688. The van der Waals surface area contributed by atoms with E-state index in [9.17, 15) is 0 Å². The molecule has 0 spiro atoms. The number of terminal acetylenes is 1. The molecule has 1 aromatic heterocycles. The molecule has 0 radical (unpaired) electrons. The van der Waals surface area contributed by atoms with E-state index in [4.69, 9.17) is 11.2 Å². The van der Waals surface area contributed by atoms with Crippen LogP contribution < -0.4 is 4.74 Å². The Morgan fingerprint density at radius 3 is 2.62 bits per heavy atom. The summed E-state index contributed by atoms with van der Waals surface area (Å²) < 4.78 is 7.91. The smallest absolute Gasteiger partial charge is 0.135 e. The molecule has 0 saturated heterocycles. The number of aromatic nitrogens is 2. The van der Waals surface area contributed by atoms with E-state index in [2.05, 4.69) is 34.8 Å².